The Kier molecular flexibility index (Phi) is 4.29. The normalized spacial score (nSPS) is 50.7. The van der Waals surface area contributed by atoms with Gasteiger partial charge in [0.2, 0.25) is 0 Å². The van der Waals surface area contributed by atoms with E-state index in [4.69, 9.17) is 9.47 Å². The molecule has 5 aliphatic rings. The number of carbonyl (C=O) groups is 2. The van der Waals surface area contributed by atoms with Gasteiger partial charge in [-0.15, -0.1) is 0 Å². The zero-order valence-electron chi connectivity index (χ0n) is 18.5. The van der Waals surface area contributed by atoms with Gasteiger partial charge in [-0.25, -0.2) is 8.78 Å². The highest BCUT2D eigenvalue weighted by Gasteiger charge is 2.78. The van der Waals surface area contributed by atoms with Crippen LogP contribution < -0.4 is 0 Å². The highest BCUT2D eigenvalue weighted by molar-refractivity contribution is 6.01. The van der Waals surface area contributed by atoms with Gasteiger partial charge in [-0.1, -0.05) is 24.6 Å². The molecule has 174 valence electrons. The number of fused-ring (bicyclic) bond motifs is 7. The van der Waals surface area contributed by atoms with Crippen molar-refractivity contribution in [2.24, 2.45) is 16.7 Å². The van der Waals surface area contributed by atoms with Crippen molar-refractivity contribution in [3.63, 3.8) is 0 Å². The second-order valence-corrected chi connectivity index (χ2v) is 10.6. The van der Waals surface area contributed by atoms with Gasteiger partial charge < -0.3 is 19.7 Å². The molecule has 0 radical (unpaired) electrons. The van der Waals surface area contributed by atoms with Gasteiger partial charge in [0.15, 0.2) is 28.6 Å². The SMILES string of the molecule is CC1(C)O[C@@H]2C=C3[C@@H]4C[C@H](F)C5=CC(=O)C=C[C@]5(C)[C@@]4(F)[C@@H](O)C[C@]3(C)[C@]2(C(=O)CO)O1. The highest BCUT2D eigenvalue weighted by atomic mass is 19.1. The number of hydrogen-bond donors (Lipinski definition) is 2. The summed E-state index contributed by atoms with van der Waals surface area (Å²) in [7, 11) is 0. The van der Waals surface area contributed by atoms with Gasteiger partial charge in [0, 0.05) is 16.7 Å². The lowest BCUT2D eigenvalue weighted by Gasteiger charge is -2.61. The molecule has 0 bridgehead atoms. The summed E-state index contributed by atoms with van der Waals surface area (Å²) in [4.78, 5) is 25.0. The molecule has 2 saturated carbocycles. The lowest BCUT2D eigenvalue weighted by Crippen LogP contribution is -2.69. The van der Waals surface area contributed by atoms with Crippen LogP contribution in [0.2, 0.25) is 0 Å². The fourth-order valence-corrected chi connectivity index (χ4v) is 7.20. The van der Waals surface area contributed by atoms with Gasteiger partial charge >= 0.3 is 0 Å². The van der Waals surface area contributed by atoms with Crippen molar-refractivity contribution < 1.29 is 38.1 Å². The predicted molar refractivity (Wildman–Crippen MR) is 109 cm³/mol. The summed E-state index contributed by atoms with van der Waals surface area (Å²) < 4.78 is 44.6. The number of Topliss-reactive ketones (excluding diaryl/α,β-unsaturated/α-hetero) is 1. The van der Waals surface area contributed by atoms with Crippen molar-refractivity contribution in [1.29, 1.82) is 0 Å². The molecule has 0 aromatic heterocycles. The van der Waals surface area contributed by atoms with Crippen molar-refractivity contribution in [3.8, 4) is 0 Å². The van der Waals surface area contributed by atoms with Crippen LogP contribution in [0.1, 0.15) is 40.5 Å². The maximum Gasteiger partial charge on any atom is 0.193 e. The Balaban J connectivity index is 1.70. The second kappa shape index (κ2) is 6.23. The molecule has 4 aliphatic carbocycles. The maximum atomic E-state index is 17.1. The zero-order chi connectivity index (χ0) is 23.5. The summed E-state index contributed by atoms with van der Waals surface area (Å²) in [6, 6.07) is 0. The minimum Gasteiger partial charge on any atom is -0.390 e. The van der Waals surface area contributed by atoms with Crippen LogP contribution >= 0.6 is 0 Å². The van der Waals surface area contributed by atoms with Gasteiger partial charge in [-0.05, 0) is 51.3 Å². The number of allylic oxidation sites excluding steroid dienone is 4. The zero-order valence-corrected chi connectivity index (χ0v) is 18.5. The fraction of sp³-hybridized carbons (Fsp3) is 0.667. The van der Waals surface area contributed by atoms with Gasteiger partial charge in [-0.3, -0.25) is 9.59 Å². The summed E-state index contributed by atoms with van der Waals surface area (Å²) in [5, 5.41) is 21.1. The van der Waals surface area contributed by atoms with E-state index >= 15 is 8.78 Å². The first-order valence-electron chi connectivity index (χ1n) is 11.0. The van der Waals surface area contributed by atoms with E-state index < -0.39 is 70.4 Å². The molecule has 0 aromatic carbocycles. The van der Waals surface area contributed by atoms with E-state index in [2.05, 4.69) is 0 Å². The molecule has 0 amide bonds. The summed E-state index contributed by atoms with van der Waals surface area (Å²) >= 11 is 0. The first-order chi connectivity index (χ1) is 14.8. The number of rotatable bonds is 2. The standard InChI is InChI=1S/C24H28F2O6/c1-20(2)31-19-9-13-14-8-16(25)15-7-12(28)5-6-21(15,3)23(14,26)17(29)10-22(13,4)24(19,32-20)18(30)11-27/h5-7,9,14,16-17,19,27,29H,8,10-11H2,1-4H3/t14-,16-,17-,19+,21-,22-,23-,24+/m0/s1. The molecule has 2 N–H and O–H groups in total. The third kappa shape index (κ3) is 2.27. The largest absolute Gasteiger partial charge is 0.390 e. The monoisotopic (exact) mass is 450 g/mol. The molecular weight excluding hydrogens is 422 g/mol. The van der Waals surface area contributed by atoms with Crippen LogP contribution in [0.25, 0.3) is 0 Å². The smallest absolute Gasteiger partial charge is 0.193 e. The van der Waals surface area contributed by atoms with E-state index in [0.29, 0.717) is 5.57 Å². The van der Waals surface area contributed by atoms with E-state index in [1.54, 1.807) is 26.8 Å². The summed E-state index contributed by atoms with van der Waals surface area (Å²) in [5.41, 5.74) is -6.21. The lowest BCUT2D eigenvalue weighted by atomic mass is 9.45. The van der Waals surface area contributed by atoms with Crippen molar-refractivity contribution in [2.45, 2.75) is 76.0 Å². The Morgan fingerprint density at radius 3 is 2.59 bits per heavy atom. The number of hydrogen-bond acceptors (Lipinski definition) is 6. The molecule has 0 unspecified atom stereocenters. The van der Waals surface area contributed by atoms with Crippen molar-refractivity contribution in [2.75, 3.05) is 6.61 Å². The molecule has 1 saturated heterocycles. The van der Waals surface area contributed by atoms with Crippen LogP contribution in [-0.4, -0.2) is 63.8 Å². The fourth-order valence-electron chi connectivity index (χ4n) is 7.20. The first kappa shape index (κ1) is 22.1. The molecule has 8 atom stereocenters. The average Bonchev–Trinajstić information content (AvgIpc) is 3.11. The van der Waals surface area contributed by atoms with E-state index in [9.17, 15) is 19.8 Å². The number of aliphatic hydroxyl groups is 2. The van der Waals surface area contributed by atoms with Crippen molar-refractivity contribution in [1.82, 2.24) is 0 Å². The van der Waals surface area contributed by atoms with Crippen LogP contribution in [0.15, 0.2) is 35.5 Å². The van der Waals surface area contributed by atoms with Gasteiger partial charge in [0.1, 0.15) is 18.9 Å². The number of halogens is 2. The minimum absolute atomic E-state index is 0.0278. The number of alkyl halides is 2. The molecule has 5 rings (SSSR count). The molecule has 6 nitrogen and oxygen atoms in total. The van der Waals surface area contributed by atoms with E-state index in [0.717, 1.165) is 6.08 Å². The molecule has 8 heteroatoms. The van der Waals surface area contributed by atoms with Crippen LogP contribution in [-0.2, 0) is 19.1 Å². The van der Waals surface area contributed by atoms with Crippen LogP contribution in [0.5, 0.6) is 0 Å². The van der Waals surface area contributed by atoms with Gasteiger partial charge in [-0.2, -0.15) is 0 Å². The van der Waals surface area contributed by atoms with Crippen molar-refractivity contribution in [3.05, 3.63) is 35.5 Å². The topological polar surface area (TPSA) is 93.1 Å². The summed E-state index contributed by atoms with van der Waals surface area (Å²) in [6.45, 7) is 5.69. The Labute approximate surface area is 185 Å². The van der Waals surface area contributed by atoms with E-state index in [-0.39, 0.29) is 18.4 Å². The molecule has 0 aromatic rings. The molecular formula is C24H28F2O6. The highest BCUT2D eigenvalue weighted by Crippen LogP contribution is 2.70. The van der Waals surface area contributed by atoms with Crippen LogP contribution in [0.4, 0.5) is 8.78 Å². The first-order valence-corrected chi connectivity index (χ1v) is 11.0. The third-order valence-corrected chi connectivity index (χ3v) is 8.59. The van der Waals surface area contributed by atoms with Crippen molar-refractivity contribution >= 4 is 11.6 Å². The number of carbonyl (C=O) groups excluding carboxylic acids is 2. The molecule has 0 spiro atoms. The van der Waals surface area contributed by atoms with Crippen LogP contribution in [0, 0.1) is 16.7 Å². The number of aliphatic hydroxyl groups excluding tert-OH is 2. The Morgan fingerprint density at radius 1 is 1.25 bits per heavy atom. The number of ketones is 2. The average molecular weight is 450 g/mol. The lowest BCUT2D eigenvalue weighted by molar-refractivity contribution is -0.213. The Morgan fingerprint density at radius 2 is 1.94 bits per heavy atom. The second-order valence-electron chi connectivity index (χ2n) is 10.6. The summed E-state index contributed by atoms with van der Waals surface area (Å²) in [6.07, 6.45) is 0.788. The van der Waals surface area contributed by atoms with E-state index in [1.165, 1.54) is 19.1 Å². The molecule has 1 heterocycles. The Bertz CT molecular complexity index is 1020. The summed E-state index contributed by atoms with van der Waals surface area (Å²) in [5.74, 6) is -3.25. The molecule has 32 heavy (non-hydrogen) atoms. The van der Waals surface area contributed by atoms with Crippen LogP contribution in [0.3, 0.4) is 0 Å². The maximum absolute atomic E-state index is 17.1. The minimum atomic E-state index is -2.30. The third-order valence-electron chi connectivity index (χ3n) is 8.59. The molecule has 3 fully saturated rings. The molecule has 1 aliphatic heterocycles. The van der Waals surface area contributed by atoms with Gasteiger partial charge in [0.25, 0.3) is 0 Å². The Hall–Kier alpha value is -1.74. The predicted octanol–water partition coefficient (Wildman–Crippen LogP) is 2.29. The van der Waals surface area contributed by atoms with Gasteiger partial charge in [0.05, 0.1) is 6.10 Å². The quantitative estimate of drug-likeness (QED) is 0.627. The van der Waals surface area contributed by atoms with E-state index in [1.807, 2.05) is 0 Å². The number of ether oxygens (including phenoxy) is 2.